The summed E-state index contributed by atoms with van der Waals surface area (Å²) in [6.07, 6.45) is 7.39. The number of piperidine rings is 2. The Hall–Kier alpha value is -2.02. The van der Waals surface area contributed by atoms with Gasteiger partial charge in [0.15, 0.2) is 0 Å². The molecule has 1 aromatic heterocycles. The Kier molecular flexibility index (Phi) is 5.08. The van der Waals surface area contributed by atoms with Crippen LogP contribution in [-0.4, -0.2) is 58.9 Å². The van der Waals surface area contributed by atoms with E-state index in [1.54, 1.807) is 17.3 Å². The first-order valence-electron chi connectivity index (χ1n) is 8.73. The van der Waals surface area contributed by atoms with Gasteiger partial charge in [0.25, 0.3) is 0 Å². The van der Waals surface area contributed by atoms with Gasteiger partial charge in [-0.05, 0) is 38.3 Å². The zero-order valence-corrected chi connectivity index (χ0v) is 14.4. The Morgan fingerprint density at radius 2 is 1.96 bits per heavy atom. The number of aromatic nitrogens is 2. The summed E-state index contributed by atoms with van der Waals surface area (Å²) in [5, 5.41) is 3.07. The van der Waals surface area contributed by atoms with Crippen LogP contribution in [0.2, 0.25) is 0 Å². The third-order valence-electron chi connectivity index (χ3n) is 5.00. The number of hydrogen-bond donors (Lipinski definition) is 1. The number of likely N-dealkylation sites (tertiary alicyclic amines) is 1. The SMILES string of the molecule is CCc1cnc(N2CCC(N3CCCC(NC)C3=O)CC2=O)nc1. The molecule has 2 atom stereocenters. The molecule has 2 aliphatic rings. The fourth-order valence-electron chi connectivity index (χ4n) is 3.49. The minimum absolute atomic E-state index is 0.00474. The van der Waals surface area contributed by atoms with E-state index in [0.717, 1.165) is 37.8 Å². The monoisotopic (exact) mass is 331 g/mol. The van der Waals surface area contributed by atoms with Gasteiger partial charge in [0, 0.05) is 37.9 Å². The first kappa shape index (κ1) is 16.8. The molecule has 7 nitrogen and oxygen atoms in total. The largest absolute Gasteiger partial charge is 0.338 e. The van der Waals surface area contributed by atoms with Crippen molar-refractivity contribution in [1.29, 1.82) is 0 Å². The van der Waals surface area contributed by atoms with Crippen molar-refractivity contribution < 1.29 is 9.59 Å². The van der Waals surface area contributed by atoms with Gasteiger partial charge in [-0.2, -0.15) is 0 Å². The molecule has 0 aromatic carbocycles. The lowest BCUT2D eigenvalue weighted by Gasteiger charge is -2.41. The van der Waals surface area contributed by atoms with Crippen molar-refractivity contribution in [2.24, 2.45) is 0 Å². The Balaban J connectivity index is 1.66. The number of anilines is 1. The van der Waals surface area contributed by atoms with Crippen LogP contribution in [0.15, 0.2) is 12.4 Å². The van der Waals surface area contributed by atoms with Gasteiger partial charge in [-0.25, -0.2) is 9.97 Å². The van der Waals surface area contributed by atoms with Gasteiger partial charge in [0.05, 0.1) is 6.04 Å². The number of carbonyl (C=O) groups is 2. The fourth-order valence-corrected chi connectivity index (χ4v) is 3.49. The van der Waals surface area contributed by atoms with Crippen LogP contribution >= 0.6 is 0 Å². The van der Waals surface area contributed by atoms with E-state index in [-0.39, 0.29) is 23.9 Å². The van der Waals surface area contributed by atoms with E-state index in [9.17, 15) is 9.59 Å². The molecule has 0 spiro atoms. The summed E-state index contributed by atoms with van der Waals surface area (Å²) in [7, 11) is 1.82. The Morgan fingerprint density at radius 3 is 2.58 bits per heavy atom. The molecular formula is C17H25N5O2. The van der Waals surface area contributed by atoms with E-state index in [4.69, 9.17) is 0 Å². The summed E-state index contributed by atoms with van der Waals surface area (Å²) in [4.78, 5) is 37.2. The topological polar surface area (TPSA) is 78.4 Å². The van der Waals surface area contributed by atoms with E-state index >= 15 is 0 Å². The Labute approximate surface area is 142 Å². The minimum Gasteiger partial charge on any atom is -0.338 e. The van der Waals surface area contributed by atoms with Crippen LogP contribution in [0.4, 0.5) is 5.95 Å². The second-order valence-corrected chi connectivity index (χ2v) is 6.45. The van der Waals surface area contributed by atoms with Crippen molar-refractivity contribution in [1.82, 2.24) is 20.2 Å². The van der Waals surface area contributed by atoms with Gasteiger partial charge in [-0.3, -0.25) is 14.5 Å². The molecule has 0 saturated carbocycles. The van der Waals surface area contributed by atoms with E-state index in [0.29, 0.717) is 18.9 Å². The molecule has 2 fully saturated rings. The highest BCUT2D eigenvalue weighted by Crippen LogP contribution is 2.24. The average Bonchev–Trinajstić information content (AvgIpc) is 2.62. The maximum Gasteiger partial charge on any atom is 0.239 e. The summed E-state index contributed by atoms with van der Waals surface area (Å²) in [5.74, 6) is 0.585. The van der Waals surface area contributed by atoms with Gasteiger partial charge in [-0.1, -0.05) is 6.92 Å². The highest BCUT2D eigenvalue weighted by atomic mass is 16.2. The molecule has 130 valence electrons. The van der Waals surface area contributed by atoms with Crippen molar-refractivity contribution in [2.75, 3.05) is 25.0 Å². The van der Waals surface area contributed by atoms with E-state index in [1.807, 2.05) is 18.9 Å². The smallest absolute Gasteiger partial charge is 0.239 e. The lowest BCUT2D eigenvalue weighted by molar-refractivity contribution is -0.140. The molecule has 0 aliphatic carbocycles. The molecule has 2 amide bonds. The van der Waals surface area contributed by atoms with Gasteiger partial charge < -0.3 is 10.2 Å². The van der Waals surface area contributed by atoms with Gasteiger partial charge in [0.1, 0.15) is 0 Å². The molecule has 3 heterocycles. The summed E-state index contributed by atoms with van der Waals surface area (Å²) in [6, 6.07) is -0.121. The normalized spacial score (nSPS) is 25.2. The zero-order valence-electron chi connectivity index (χ0n) is 14.4. The average molecular weight is 331 g/mol. The number of amides is 2. The maximum atomic E-state index is 12.6. The van der Waals surface area contributed by atoms with Crippen LogP contribution in [0.5, 0.6) is 0 Å². The molecule has 2 saturated heterocycles. The van der Waals surface area contributed by atoms with Crippen LogP contribution in [0.25, 0.3) is 0 Å². The number of carbonyl (C=O) groups excluding carboxylic acids is 2. The lowest BCUT2D eigenvalue weighted by Crippen LogP contribution is -2.56. The van der Waals surface area contributed by atoms with Crippen LogP contribution in [-0.2, 0) is 16.0 Å². The predicted molar refractivity (Wildman–Crippen MR) is 90.6 cm³/mol. The quantitative estimate of drug-likeness (QED) is 0.881. The third-order valence-corrected chi connectivity index (χ3v) is 5.00. The number of nitrogens with one attached hydrogen (secondary N) is 1. The molecule has 0 radical (unpaired) electrons. The number of rotatable bonds is 4. The van der Waals surface area contributed by atoms with E-state index in [2.05, 4.69) is 15.3 Å². The second-order valence-electron chi connectivity index (χ2n) is 6.45. The first-order chi connectivity index (χ1) is 11.6. The summed E-state index contributed by atoms with van der Waals surface area (Å²) in [6.45, 7) is 3.35. The molecular weight excluding hydrogens is 306 g/mol. The van der Waals surface area contributed by atoms with Crippen molar-refractivity contribution in [3.63, 3.8) is 0 Å². The van der Waals surface area contributed by atoms with E-state index < -0.39 is 0 Å². The fraction of sp³-hybridized carbons (Fsp3) is 0.647. The van der Waals surface area contributed by atoms with Crippen molar-refractivity contribution >= 4 is 17.8 Å². The molecule has 0 bridgehead atoms. The summed E-state index contributed by atoms with van der Waals surface area (Å²) >= 11 is 0. The minimum atomic E-state index is -0.114. The van der Waals surface area contributed by atoms with Crippen molar-refractivity contribution in [3.8, 4) is 0 Å². The molecule has 1 aromatic rings. The molecule has 24 heavy (non-hydrogen) atoms. The maximum absolute atomic E-state index is 12.6. The highest BCUT2D eigenvalue weighted by molar-refractivity contribution is 5.93. The van der Waals surface area contributed by atoms with Crippen LogP contribution < -0.4 is 10.2 Å². The van der Waals surface area contributed by atoms with Gasteiger partial charge in [0.2, 0.25) is 17.8 Å². The zero-order chi connectivity index (χ0) is 17.1. The Morgan fingerprint density at radius 1 is 1.21 bits per heavy atom. The van der Waals surface area contributed by atoms with Crippen LogP contribution in [0, 0.1) is 0 Å². The molecule has 1 N–H and O–H groups in total. The molecule has 7 heteroatoms. The van der Waals surface area contributed by atoms with Gasteiger partial charge >= 0.3 is 0 Å². The van der Waals surface area contributed by atoms with E-state index in [1.165, 1.54) is 0 Å². The second kappa shape index (κ2) is 7.25. The standard InChI is InChI=1S/C17H25N5O2/c1-3-12-10-19-17(20-11-12)22-8-6-13(9-15(22)23)21-7-4-5-14(18-2)16(21)24/h10-11,13-14,18H,3-9H2,1-2H3. The summed E-state index contributed by atoms with van der Waals surface area (Å²) < 4.78 is 0. The first-order valence-corrected chi connectivity index (χ1v) is 8.73. The number of aryl methyl sites for hydroxylation is 1. The van der Waals surface area contributed by atoms with Crippen LogP contribution in [0.3, 0.4) is 0 Å². The molecule has 2 unspecified atom stereocenters. The molecule has 3 rings (SSSR count). The summed E-state index contributed by atoms with van der Waals surface area (Å²) in [5.41, 5.74) is 1.05. The van der Waals surface area contributed by atoms with Gasteiger partial charge in [-0.15, -0.1) is 0 Å². The number of hydrogen-bond acceptors (Lipinski definition) is 5. The number of nitrogens with zero attached hydrogens (tertiary/aromatic N) is 4. The lowest BCUT2D eigenvalue weighted by atomic mass is 9.97. The van der Waals surface area contributed by atoms with Crippen molar-refractivity contribution in [2.45, 2.75) is 51.1 Å². The highest BCUT2D eigenvalue weighted by Gasteiger charge is 2.37. The number of likely N-dealkylation sites (N-methyl/N-ethyl adjacent to an activating group) is 1. The van der Waals surface area contributed by atoms with Crippen LogP contribution in [0.1, 0.15) is 38.2 Å². The molecule has 2 aliphatic heterocycles. The van der Waals surface area contributed by atoms with Crippen molar-refractivity contribution in [3.05, 3.63) is 18.0 Å². The third kappa shape index (κ3) is 3.26. The Bertz CT molecular complexity index is 604. The predicted octanol–water partition coefficient (Wildman–Crippen LogP) is 0.745.